The van der Waals surface area contributed by atoms with Crippen molar-refractivity contribution in [3.05, 3.63) is 47.2 Å². The van der Waals surface area contributed by atoms with Gasteiger partial charge in [0.05, 0.1) is 17.3 Å². The second-order valence-electron chi connectivity index (χ2n) is 4.40. The Morgan fingerprint density at radius 2 is 2.15 bits per heavy atom. The third kappa shape index (κ3) is 4.08. The maximum atomic E-state index is 11.7. The molecule has 20 heavy (non-hydrogen) atoms. The Labute approximate surface area is 122 Å². The molecule has 106 valence electrons. The summed E-state index contributed by atoms with van der Waals surface area (Å²) in [6.45, 7) is 0.971. The Kier molecular flexibility index (Phi) is 5.15. The zero-order chi connectivity index (χ0) is 14.4. The van der Waals surface area contributed by atoms with Crippen molar-refractivity contribution >= 4 is 23.2 Å². The maximum Gasteiger partial charge on any atom is 0.238 e. The molecule has 0 fully saturated rings. The van der Waals surface area contributed by atoms with Crippen molar-refractivity contribution in [1.82, 2.24) is 15.1 Å². The summed E-state index contributed by atoms with van der Waals surface area (Å²) in [5.74, 6) is -0.108. The van der Waals surface area contributed by atoms with Crippen molar-refractivity contribution in [1.29, 1.82) is 0 Å². The van der Waals surface area contributed by atoms with Gasteiger partial charge < -0.3 is 10.6 Å². The van der Waals surface area contributed by atoms with Crippen LogP contribution in [0.2, 0.25) is 5.02 Å². The Hall–Kier alpha value is -1.85. The van der Waals surface area contributed by atoms with Gasteiger partial charge in [-0.2, -0.15) is 5.10 Å². The monoisotopic (exact) mass is 292 g/mol. The van der Waals surface area contributed by atoms with Crippen LogP contribution in [0.4, 0.5) is 5.69 Å². The standard InChI is InChI=1S/C14H17ClN4O/c1-19-11(7-9-17-19)6-8-16-10-14(20)18-13-5-3-2-4-12(13)15/h2-5,7,9,16H,6,8,10H2,1H3,(H,18,20). The average molecular weight is 293 g/mol. The Morgan fingerprint density at radius 3 is 2.85 bits per heavy atom. The highest BCUT2D eigenvalue weighted by atomic mass is 35.5. The maximum absolute atomic E-state index is 11.7. The molecule has 0 aliphatic heterocycles. The normalized spacial score (nSPS) is 10.5. The van der Waals surface area contributed by atoms with Crippen molar-refractivity contribution in [2.45, 2.75) is 6.42 Å². The first-order valence-electron chi connectivity index (χ1n) is 6.39. The van der Waals surface area contributed by atoms with Gasteiger partial charge in [0.1, 0.15) is 0 Å². The predicted molar refractivity (Wildman–Crippen MR) is 79.9 cm³/mol. The number of aromatic nitrogens is 2. The number of amides is 1. The van der Waals surface area contributed by atoms with Crippen molar-refractivity contribution in [3.63, 3.8) is 0 Å². The summed E-state index contributed by atoms with van der Waals surface area (Å²) in [6.07, 6.45) is 2.59. The van der Waals surface area contributed by atoms with Gasteiger partial charge in [0.15, 0.2) is 0 Å². The molecule has 1 amide bonds. The van der Waals surface area contributed by atoms with Crippen LogP contribution in [0.5, 0.6) is 0 Å². The molecular weight excluding hydrogens is 276 g/mol. The molecule has 6 heteroatoms. The van der Waals surface area contributed by atoms with E-state index >= 15 is 0 Å². The summed E-state index contributed by atoms with van der Waals surface area (Å²) in [5, 5.41) is 10.5. The predicted octanol–water partition coefficient (Wildman–Crippen LogP) is 1.84. The van der Waals surface area contributed by atoms with E-state index in [-0.39, 0.29) is 12.5 Å². The van der Waals surface area contributed by atoms with Crippen molar-refractivity contribution in [3.8, 4) is 0 Å². The summed E-state index contributed by atoms with van der Waals surface area (Å²) < 4.78 is 1.82. The zero-order valence-corrected chi connectivity index (χ0v) is 12.0. The van der Waals surface area contributed by atoms with Crippen LogP contribution in [-0.2, 0) is 18.3 Å². The van der Waals surface area contributed by atoms with E-state index in [0.717, 1.165) is 18.7 Å². The van der Waals surface area contributed by atoms with Gasteiger partial charge in [-0.15, -0.1) is 0 Å². The van der Waals surface area contributed by atoms with E-state index in [1.165, 1.54) is 0 Å². The van der Waals surface area contributed by atoms with Crippen LogP contribution < -0.4 is 10.6 Å². The van der Waals surface area contributed by atoms with E-state index in [1.54, 1.807) is 18.3 Å². The van der Waals surface area contributed by atoms with Crippen LogP contribution in [0, 0.1) is 0 Å². The van der Waals surface area contributed by atoms with E-state index in [2.05, 4.69) is 15.7 Å². The van der Waals surface area contributed by atoms with E-state index in [1.807, 2.05) is 29.9 Å². The summed E-state index contributed by atoms with van der Waals surface area (Å²) >= 11 is 5.97. The summed E-state index contributed by atoms with van der Waals surface area (Å²) in [5.41, 5.74) is 1.76. The smallest absolute Gasteiger partial charge is 0.238 e. The van der Waals surface area contributed by atoms with Gasteiger partial charge in [-0.05, 0) is 18.2 Å². The Morgan fingerprint density at radius 1 is 1.35 bits per heavy atom. The van der Waals surface area contributed by atoms with Crippen LogP contribution in [0.3, 0.4) is 0 Å². The molecule has 0 saturated carbocycles. The van der Waals surface area contributed by atoms with Crippen LogP contribution in [0.1, 0.15) is 5.69 Å². The summed E-state index contributed by atoms with van der Waals surface area (Å²) in [4.78, 5) is 11.7. The van der Waals surface area contributed by atoms with Gasteiger partial charge in [0, 0.05) is 31.9 Å². The minimum atomic E-state index is -0.108. The number of nitrogens with zero attached hydrogens (tertiary/aromatic N) is 2. The highest BCUT2D eigenvalue weighted by Crippen LogP contribution is 2.19. The Bertz CT molecular complexity index is 582. The minimum Gasteiger partial charge on any atom is -0.324 e. The number of aryl methyl sites for hydroxylation is 1. The molecule has 0 unspecified atom stereocenters. The quantitative estimate of drug-likeness (QED) is 0.799. The number of halogens is 1. The summed E-state index contributed by atoms with van der Waals surface area (Å²) in [6, 6.07) is 9.13. The molecule has 0 radical (unpaired) electrons. The number of hydrogen-bond donors (Lipinski definition) is 2. The van der Waals surface area contributed by atoms with E-state index in [0.29, 0.717) is 10.7 Å². The van der Waals surface area contributed by atoms with Crippen molar-refractivity contribution in [2.75, 3.05) is 18.4 Å². The molecule has 0 aliphatic rings. The lowest BCUT2D eigenvalue weighted by Gasteiger charge is -2.08. The lowest BCUT2D eigenvalue weighted by Crippen LogP contribution is -2.29. The van der Waals surface area contributed by atoms with E-state index < -0.39 is 0 Å². The fraction of sp³-hybridized carbons (Fsp3) is 0.286. The molecule has 1 aromatic carbocycles. The van der Waals surface area contributed by atoms with Gasteiger partial charge in [-0.25, -0.2) is 0 Å². The molecule has 1 aromatic heterocycles. The third-order valence-electron chi connectivity index (χ3n) is 2.91. The average Bonchev–Trinajstić information content (AvgIpc) is 2.83. The van der Waals surface area contributed by atoms with E-state index in [4.69, 9.17) is 11.6 Å². The largest absolute Gasteiger partial charge is 0.324 e. The highest BCUT2D eigenvalue weighted by molar-refractivity contribution is 6.33. The Balaban J connectivity index is 1.71. The number of hydrogen-bond acceptors (Lipinski definition) is 3. The number of nitrogens with one attached hydrogen (secondary N) is 2. The molecule has 0 aliphatic carbocycles. The molecular formula is C14H17ClN4O. The minimum absolute atomic E-state index is 0.108. The number of rotatable bonds is 6. The first-order valence-corrected chi connectivity index (χ1v) is 6.76. The molecule has 0 bridgehead atoms. The van der Waals surface area contributed by atoms with Gasteiger partial charge in [0.25, 0.3) is 0 Å². The lowest BCUT2D eigenvalue weighted by molar-refractivity contribution is -0.115. The second-order valence-corrected chi connectivity index (χ2v) is 4.81. The topological polar surface area (TPSA) is 59.0 Å². The first-order chi connectivity index (χ1) is 9.66. The number of para-hydroxylation sites is 1. The van der Waals surface area contributed by atoms with Crippen molar-refractivity contribution in [2.24, 2.45) is 7.05 Å². The fourth-order valence-corrected chi connectivity index (χ4v) is 2.00. The van der Waals surface area contributed by atoms with Gasteiger partial charge in [-0.3, -0.25) is 9.48 Å². The van der Waals surface area contributed by atoms with Crippen molar-refractivity contribution < 1.29 is 4.79 Å². The van der Waals surface area contributed by atoms with Gasteiger partial charge in [-0.1, -0.05) is 23.7 Å². The first kappa shape index (κ1) is 14.6. The SMILES string of the molecule is Cn1nccc1CCNCC(=O)Nc1ccccc1Cl. The fourth-order valence-electron chi connectivity index (χ4n) is 1.82. The van der Waals surface area contributed by atoms with Crippen LogP contribution in [0.25, 0.3) is 0 Å². The molecule has 1 heterocycles. The summed E-state index contributed by atoms with van der Waals surface area (Å²) in [7, 11) is 1.90. The molecule has 0 atom stereocenters. The van der Waals surface area contributed by atoms with Gasteiger partial charge >= 0.3 is 0 Å². The molecule has 2 aromatic rings. The molecule has 0 spiro atoms. The van der Waals surface area contributed by atoms with Crippen LogP contribution >= 0.6 is 11.6 Å². The molecule has 0 saturated heterocycles. The van der Waals surface area contributed by atoms with E-state index in [9.17, 15) is 4.79 Å². The van der Waals surface area contributed by atoms with Gasteiger partial charge in [0.2, 0.25) is 5.91 Å². The molecule has 5 nitrogen and oxygen atoms in total. The van der Waals surface area contributed by atoms with Crippen LogP contribution in [-0.4, -0.2) is 28.8 Å². The molecule has 2 N–H and O–H groups in total. The van der Waals surface area contributed by atoms with Crippen LogP contribution in [0.15, 0.2) is 36.5 Å². The number of anilines is 1. The second kappa shape index (κ2) is 7.07. The zero-order valence-electron chi connectivity index (χ0n) is 11.3. The highest BCUT2D eigenvalue weighted by Gasteiger charge is 2.05. The number of carbonyl (C=O) groups excluding carboxylic acids is 1. The molecule has 2 rings (SSSR count). The third-order valence-corrected chi connectivity index (χ3v) is 3.24. The number of carbonyl (C=O) groups is 1. The number of benzene rings is 1. The lowest BCUT2D eigenvalue weighted by atomic mass is 10.3.